The Labute approximate surface area is 200 Å². The quantitative estimate of drug-likeness (QED) is 0.306. The fourth-order valence-electron chi connectivity index (χ4n) is 3.05. The van der Waals surface area contributed by atoms with Gasteiger partial charge in [-0.1, -0.05) is 53.4 Å². The average Bonchev–Trinajstić information content (AvgIpc) is 3.59. The van der Waals surface area contributed by atoms with E-state index in [4.69, 9.17) is 0 Å². The summed E-state index contributed by atoms with van der Waals surface area (Å²) in [5, 5.41) is 25.0. The van der Waals surface area contributed by atoms with Gasteiger partial charge in [0.1, 0.15) is 10.8 Å². The largest absolute Gasteiger partial charge is 0.300 e. The van der Waals surface area contributed by atoms with E-state index in [1.807, 2.05) is 47.2 Å². The molecule has 164 valence electrons. The molecule has 0 aliphatic carbocycles. The second-order valence-corrected chi connectivity index (χ2v) is 9.42. The maximum Gasteiger partial charge on any atom is 0.236 e. The Bertz CT molecular complexity index is 1380. The molecule has 7 nitrogen and oxygen atoms in total. The van der Waals surface area contributed by atoms with Crippen molar-refractivity contribution in [2.75, 3.05) is 11.1 Å². The topological polar surface area (TPSA) is 85.6 Å². The number of hydrogen-bond donors (Lipinski definition) is 1. The molecule has 0 spiro atoms. The van der Waals surface area contributed by atoms with Crippen LogP contribution in [0.15, 0.2) is 76.6 Å². The van der Waals surface area contributed by atoms with E-state index in [9.17, 15) is 9.18 Å². The van der Waals surface area contributed by atoms with Gasteiger partial charge in [0.05, 0.1) is 11.3 Å². The van der Waals surface area contributed by atoms with Crippen molar-refractivity contribution in [3.8, 4) is 27.6 Å². The van der Waals surface area contributed by atoms with Crippen LogP contribution in [0.1, 0.15) is 0 Å². The molecule has 5 rings (SSSR count). The molecule has 0 aliphatic heterocycles. The third-order valence-corrected chi connectivity index (χ3v) is 7.03. The van der Waals surface area contributed by atoms with Crippen molar-refractivity contribution in [3.05, 3.63) is 77.2 Å². The van der Waals surface area contributed by atoms with Gasteiger partial charge >= 0.3 is 0 Å². The number of anilines is 1. The Hall–Kier alpha value is -3.41. The number of halogens is 1. The summed E-state index contributed by atoms with van der Waals surface area (Å²) in [7, 11) is 0. The van der Waals surface area contributed by atoms with Crippen LogP contribution in [0.3, 0.4) is 0 Å². The lowest BCUT2D eigenvalue weighted by molar-refractivity contribution is -0.113. The van der Waals surface area contributed by atoms with Gasteiger partial charge in [0, 0.05) is 16.6 Å². The van der Waals surface area contributed by atoms with E-state index in [0.717, 1.165) is 16.3 Å². The van der Waals surface area contributed by atoms with Gasteiger partial charge in [-0.2, -0.15) is 11.3 Å². The molecule has 0 atom stereocenters. The molecule has 11 heteroatoms. The van der Waals surface area contributed by atoms with Crippen molar-refractivity contribution in [1.82, 2.24) is 25.0 Å². The van der Waals surface area contributed by atoms with Crippen LogP contribution >= 0.6 is 34.4 Å². The molecule has 3 aromatic heterocycles. The Balaban J connectivity index is 1.35. The summed E-state index contributed by atoms with van der Waals surface area (Å²) < 4.78 is 16.2. The number of para-hydroxylation sites is 1. The maximum absolute atomic E-state index is 14.5. The number of aromatic nitrogens is 5. The maximum atomic E-state index is 14.5. The van der Waals surface area contributed by atoms with Gasteiger partial charge in [0.15, 0.2) is 11.0 Å². The zero-order valence-corrected chi connectivity index (χ0v) is 19.3. The summed E-state index contributed by atoms with van der Waals surface area (Å²) in [5.74, 6) is -0.195. The fourth-order valence-corrected chi connectivity index (χ4v) is 5.28. The fraction of sp³-hybridized carbons (Fsp3) is 0.0455. The highest BCUT2D eigenvalue weighted by molar-refractivity contribution is 7.99. The molecule has 5 aromatic rings. The van der Waals surface area contributed by atoms with E-state index >= 15 is 0 Å². The van der Waals surface area contributed by atoms with Gasteiger partial charge in [-0.15, -0.1) is 20.4 Å². The van der Waals surface area contributed by atoms with Crippen molar-refractivity contribution in [2.24, 2.45) is 0 Å². The van der Waals surface area contributed by atoms with Gasteiger partial charge in [-0.3, -0.25) is 14.7 Å². The number of rotatable bonds is 7. The Morgan fingerprint density at radius 3 is 2.61 bits per heavy atom. The van der Waals surface area contributed by atoms with E-state index in [-0.39, 0.29) is 11.7 Å². The van der Waals surface area contributed by atoms with Crippen LogP contribution in [0.2, 0.25) is 0 Å². The zero-order chi connectivity index (χ0) is 22.6. The van der Waals surface area contributed by atoms with Crippen LogP contribution in [-0.4, -0.2) is 36.6 Å². The molecule has 0 unspecified atom stereocenters. The van der Waals surface area contributed by atoms with Gasteiger partial charge in [0.25, 0.3) is 0 Å². The summed E-state index contributed by atoms with van der Waals surface area (Å²) in [6, 6.07) is 17.8. The van der Waals surface area contributed by atoms with Crippen LogP contribution in [0.25, 0.3) is 27.6 Å². The highest BCUT2D eigenvalue weighted by atomic mass is 32.2. The lowest BCUT2D eigenvalue weighted by Gasteiger charge is -2.10. The molecule has 0 saturated carbocycles. The highest BCUT2D eigenvalue weighted by Gasteiger charge is 2.19. The molecule has 33 heavy (non-hydrogen) atoms. The summed E-state index contributed by atoms with van der Waals surface area (Å²) in [6.45, 7) is 0. The Morgan fingerprint density at radius 1 is 1.00 bits per heavy atom. The van der Waals surface area contributed by atoms with Crippen molar-refractivity contribution < 1.29 is 9.18 Å². The molecule has 0 aliphatic rings. The highest BCUT2D eigenvalue weighted by Crippen LogP contribution is 2.30. The third-order valence-electron chi connectivity index (χ3n) is 4.53. The lowest BCUT2D eigenvalue weighted by Crippen LogP contribution is -2.14. The first-order valence-corrected chi connectivity index (χ1v) is 12.5. The molecule has 2 aromatic carbocycles. The van der Waals surface area contributed by atoms with E-state index in [2.05, 4.69) is 25.7 Å². The molecule has 1 N–H and O–H groups in total. The lowest BCUT2D eigenvalue weighted by atomic mass is 10.2. The van der Waals surface area contributed by atoms with Crippen LogP contribution in [0, 0.1) is 5.82 Å². The molecule has 0 bridgehead atoms. The zero-order valence-electron chi connectivity index (χ0n) is 16.9. The summed E-state index contributed by atoms with van der Waals surface area (Å²) >= 11 is 4.09. The van der Waals surface area contributed by atoms with Gasteiger partial charge < -0.3 is 0 Å². The van der Waals surface area contributed by atoms with E-state index < -0.39 is 5.82 Å². The minimum atomic E-state index is -0.394. The SMILES string of the molecule is O=C(CSc1nnc(-c2ccccc2F)n1-c1ccccc1)Nc1nnc(-c2ccsc2)s1. The molecule has 0 radical (unpaired) electrons. The van der Waals surface area contributed by atoms with E-state index in [1.54, 1.807) is 34.1 Å². The van der Waals surface area contributed by atoms with Gasteiger partial charge in [0.2, 0.25) is 11.0 Å². The van der Waals surface area contributed by atoms with Crippen molar-refractivity contribution in [2.45, 2.75) is 5.16 Å². The summed E-state index contributed by atoms with van der Waals surface area (Å²) in [5.41, 5.74) is 2.08. The first kappa shape index (κ1) is 21.4. The molecule has 0 saturated heterocycles. The van der Waals surface area contributed by atoms with E-state index in [1.165, 1.54) is 29.2 Å². The number of carbonyl (C=O) groups is 1. The number of thiophene rings is 1. The standard InChI is InChI=1S/C22H15FN6OS3/c23-17-9-5-4-8-16(17)19-25-28-22(29(19)15-6-2-1-3-7-15)32-13-18(30)24-21-27-26-20(33-21)14-10-11-31-12-14/h1-12H,13H2,(H,24,27,30). The number of carbonyl (C=O) groups excluding carboxylic acids is 1. The van der Waals surface area contributed by atoms with Crippen molar-refractivity contribution >= 4 is 45.5 Å². The number of thioether (sulfide) groups is 1. The summed E-state index contributed by atoms with van der Waals surface area (Å²) in [6.07, 6.45) is 0. The average molecular weight is 495 g/mol. The van der Waals surface area contributed by atoms with E-state index in [0.29, 0.717) is 21.7 Å². The van der Waals surface area contributed by atoms with Crippen LogP contribution in [0.5, 0.6) is 0 Å². The first-order valence-electron chi connectivity index (χ1n) is 9.73. The summed E-state index contributed by atoms with van der Waals surface area (Å²) in [4.78, 5) is 12.6. The number of nitrogens with one attached hydrogen (secondary N) is 1. The predicted octanol–water partition coefficient (Wildman–Crippen LogP) is 5.38. The smallest absolute Gasteiger partial charge is 0.236 e. The molecular formula is C22H15FN6OS3. The number of amides is 1. The molecule has 3 heterocycles. The number of benzene rings is 2. The second kappa shape index (κ2) is 9.61. The minimum absolute atomic E-state index is 0.0790. The first-order chi connectivity index (χ1) is 16.2. The van der Waals surface area contributed by atoms with Gasteiger partial charge in [-0.25, -0.2) is 4.39 Å². The number of nitrogens with zero attached hydrogens (tertiary/aromatic N) is 5. The molecular weight excluding hydrogens is 479 g/mol. The second-order valence-electron chi connectivity index (χ2n) is 6.72. The van der Waals surface area contributed by atoms with Crippen LogP contribution < -0.4 is 5.32 Å². The third kappa shape index (κ3) is 4.70. The molecule has 0 fully saturated rings. The van der Waals surface area contributed by atoms with Crippen LogP contribution in [0.4, 0.5) is 9.52 Å². The normalized spacial score (nSPS) is 10.9. The minimum Gasteiger partial charge on any atom is -0.300 e. The Kier molecular flexibility index (Phi) is 6.24. The monoisotopic (exact) mass is 494 g/mol. The Morgan fingerprint density at radius 2 is 1.82 bits per heavy atom. The van der Waals surface area contributed by atoms with Crippen molar-refractivity contribution in [3.63, 3.8) is 0 Å². The van der Waals surface area contributed by atoms with Crippen LogP contribution in [-0.2, 0) is 4.79 Å². The predicted molar refractivity (Wildman–Crippen MR) is 129 cm³/mol. The number of hydrogen-bond acceptors (Lipinski definition) is 8. The van der Waals surface area contributed by atoms with Gasteiger partial charge in [-0.05, 0) is 35.7 Å². The van der Waals surface area contributed by atoms with Crippen molar-refractivity contribution in [1.29, 1.82) is 0 Å². The molecule has 1 amide bonds.